The Morgan fingerprint density at radius 1 is 1.35 bits per heavy atom. The largest absolute Gasteiger partial charge is 0.462 e. The average molecular weight is 241 g/mol. The molecule has 0 spiro atoms. The van der Waals surface area contributed by atoms with Crippen LogP contribution in [-0.2, 0) is 14.3 Å². The number of fused-ring (bicyclic) bond motifs is 1. The molecule has 2 fully saturated rings. The van der Waals surface area contributed by atoms with E-state index >= 15 is 0 Å². The minimum Gasteiger partial charge on any atom is -0.462 e. The fourth-order valence-corrected chi connectivity index (χ4v) is 2.28. The molecule has 2 unspecified atom stereocenters. The van der Waals surface area contributed by atoms with E-state index in [4.69, 9.17) is 0 Å². The van der Waals surface area contributed by atoms with E-state index in [2.05, 4.69) is 10.1 Å². The van der Waals surface area contributed by atoms with Gasteiger partial charge in [0.2, 0.25) is 0 Å². The molecule has 2 rings (SSSR count). The molecule has 1 heterocycles. The van der Waals surface area contributed by atoms with Crippen molar-refractivity contribution in [2.45, 2.75) is 58.1 Å². The fourth-order valence-electron chi connectivity index (χ4n) is 2.28. The van der Waals surface area contributed by atoms with Crippen molar-refractivity contribution in [2.24, 2.45) is 5.92 Å². The predicted octanol–water partition coefficient (Wildman–Crippen LogP) is 1.68. The molecular weight excluding hydrogens is 218 g/mol. The van der Waals surface area contributed by atoms with Gasteiger partial charge < -0.3 is 10.1 Å². The lowest BCUT2D eigenvalue weighted by molar-refractivity contribution is -0.138. The van der Waals surface area contributed by atoms with E-state index in [1.807, 2.05) is 20.8 Å². The summed E-state index contributed by atoms with van der Waals surface area (Å²) in [6.07, 6.45) is 4.25. The zero-order valence-corrected chi connectivity index (χ0v) is 11.0. The molecule has 1 saturated heterocycles. The maximum absolute atomic E-state index is 11.2. The summed E-state index contributed by atoms with van der Waals surface area (Å²) in [5, 5.41) is 3.37. The molecule has 2 atom stereocenters. The van der Waals surface area contributed by atoms with Gasteiger partial charge >= 0.3 is 0 Å². The van der Waals surface area contributed by atoms with Gasteiger partial charge in [0.15, 0.2) is 0 Å². The van der Waals surface area contributed by atoms with E-state index in [0.29, 0.717) is 24.2 Å². The third-order valence-corrected chi connectivity index (χ3v) is 3.10. The van der Waals surface area contributed by atoms with Crippen LogP contribution in [0.4, 0.5) is 0 Å². The van der Waals surface area contributed by atoms with Crippen LogP contribution < -0.4 is 5.32 Å². The Labute approximate surface area is 103 Å². The van der Waals surface area contributed by atoms with E-state index in [1.165, 1.54) is 6.42 Å². The molecule has 0 bridgehead atoms. The van der Waals surface area contributed by atoms with Crippen LogP contribution in [0.5, 0.6) is 0 Å². The predicted molar refractivity (Wildman–Crippen MR) is 65.7 cm³/mol. The van der Waals surface area contributed by atoms with Gasteiger partial charge in [0, 0.05) is 18.4 Å². The maximum Gasteiger partial charge on any atom is 0.293 e. The normalized spacial score (nSPS) is 27.8. The Bertz CT molecular complexity index is 270. The third-order valence-electron chi connectivity index (χ3n) is 3.10. The number of carbonyl (C=O) groups is 2. The average Bonchev–Trinajstić information content (AvgIpc) is 2.66. The first kappa shape index (κ1) is 14.2. The Hall–Kier alpha value is -0.900. The number of rotatable bonds is 1. The van der Waals surface area contributed by atoms with Crippen LogP contribution in [0.2, 0.25) is 0 Å². The Kier molecular flexibility index (Phi) is 5.12. The summed E-state index contributed by atoms with van der Waals surface area (Å²) in [7, 11) is 0. The highest BCUT2D eigenvalue weighted by molar-refractivity contribution is 5.82. The minimum atomic E-state index is -0.318. The highest BCUT2D eigenvalue weighted by Gasteiger charge is 2.34. The lowest BCUT2D eigenvalue weighted by Gasteiger charge is -2.22. The van der Waals surface area contributed by atoms with E-state index in [9.17, 15) is 9.59 Å². The van der Waals surface area contributed by atoms with Crippen LogP contribution in [0.25, 0.3) is 0 Å². The summed E-state index contributed by atoms with van der Waals surface area (Å²) in [5.74, 6) is 0.884. The van der Waals surface area contributed by atoms with Crippen LogP contribution in [0.15, 0.2) is 0 Å². The van der Waals surface area contributed by atoms with Gasteiger partial charge in [0.25, 0.3) is 6.47 Å². The number of ether oxygens (including phenoxy) is 1. The summed E-state index contributed by atoms with van der Waals surface area (Å²) in [4.78, 5) is 20.8. The Balaban J connectivity index is 0.000000185. The van der Waals surface area contributed by atoms with Crippen molar-refractivity contribution in [3.63, 3.8) is 0 Å². The molecule has 0 aromatic carbocycles. The number of hydrogen-bond donors (Lipinski definition) is 1. The third kappa shape index (κ3) is 4.86. The summed E-state index contributed by atoms with van der Waals surface area (Å²) >= 11 is 0. The Morgan fingerprint density at radius 2 is 2.06 bits per heavy atom. The van der Waals surface area contributed by atoms with Crippen LogP contribution in [0.1, 0.15) is 46.5 Å². The first-order chi connectivity index (χ1) is 7.94. The number of Topliss-reactive ketones (excluding diaryl/α,β-unsaturated/α-hetero) is 1. The standard InChI is InChI=1S/C8H13NO.C5H10O2/c10-8-3-1-2-7-6(8)4-5-9-7;1-5(2,3)7-4-6/h6-7,9H,1-5H2;4H,1-3H3. The summed E-state index contributed by atoms with van der Waals surface area (Å²) < 4.78 is 4.55. The van der Waals surface area contributed by atoms with Crippen molar-refractivity contribution < 1.29 is 14.3 Å². The number of carbonyl (C=O) groups excluding carboxylic acids is 2. The Morgan fingerprint density at radius 3 is 2.53 bits per heavy atom. The van der Waals surface area contributed by atoms with Crippen LogP contribution in [0.3, 0.4) is 0 Å². The lowest BCUT2D eigenvalue weighted by Crippen LogP contribution is -2.34. The van der Waals surface area contributed by atoms with Crippen molar-refractivity contribution >= 4 is 12.3 Å². The molecule has 4 heteroatoms. The molecule has 0 aromatic rings. The molecule has 1 N–H and O–H groups in total. The van der Waals surface area contributed by atoms with Gasteiger partial charge in [-0.1, -0.05) is 0 Å². The van der Waals surface area contributed by atoms with Gasteiger partial charge in [-0.3, -0.25) is 9.59 Å². The molecule has 1 aliphatic carbocycles. The molecule has 98 valence electrons. The van der Waals surface area contributed by atoms with Gasteiger partial charge in [-0.15, -0.1) is 0 Å². The topological polar surface area (TPSA) is 55.4 Å². The van der Waals surface area contributed by atoms with Gasteiger partial charge in [0.05, 0.1) is 0 Å². The van der Waals surface area contributed by atoms with Gasteiger partial charge in [-0.25, -0.2) is 0 Å². The molecule has 2 aliphatic rings. The van der Waals surface area contributed by atoms with Crippen LogP contribution in [0, 0.1) is 5.92 Å². The zero-order chi connectivity index (χ0) is 12.9. The molecule has 4 nitrogen and oxygen atoms in total. The molecule has 0 radical (unpaired) electrons. The second-order valence-electron chi connectivity index (χ2n) is 5.64. The number of hydrogen-bond acceptors (Lipinski definition) is 4. The SMILES string of the molecule is CC(C)(C)OC=O.O=C1CCCC2NCCC12. The van der Waals surface area contributed by atoms with E-state index in [0.717, 1.165) is 25.8 Å². The second-order valence-corrected chi connectivity index (χ2v) is 5.64. The van der Waals surface area contributed by atoms with Crippen molar-refractivity contribution in [3.8, 4) is 0 Å². The quantitative estimate of drug-likeness (QED) is 0.710. The summed E-state index contributed by atoms with van der Waals surface area (Å²) in [5.41, 5.74) is -0.318. The molecule has 17 heavy (non-hydrogen) atoms. The first-order valence-corrected chi connectivity index (χ1v) is 6.31. The van der Waals surface area contributed by atoms with Crippen molar-refractivity contribution in [3.05, 3.63) is 0 Å². The maximum atomic E-state index is 11.2. The van der Waals surface area contributed by atoms with Crippen molar-refractivity contribution in [1.82, 2.24) is 5.32 Å². The van der Waals surface area contributed by atoms with Crippen LogP contribution >= 0.6 is 0 Å². The monoisotopic (exact) mass is 241 g/mol. The van der Waals surface area contributed by atoms with Gasteiger partial charge in [-0.2, -0.15) is 0 Å². The highest BCUT2D eigenvalue weighted by Crippen LogP contribution is 2.27. The van der Waals surface area contributed by atoms with E-state index < -0.39 is 0 Å². The summed E-state index contributed by atoms with van der Waals surface area (Å²) in [6, 6.07) is 0.543. The zero-order valence-electron chi connectivity index (χ0n) is 11.0. The van der Waals surface area contributed by atoms with E-state index in [-0.39, 0.29) is 5.60 Å². The molecular formula is C13H23NO3. The minimum absolute atomic E-state index is 0.318. The second kappa shape index (κ2) is 6.15. The fraction of sp³-hybridized carbons (Fsp3) is 0.846. The number of nitrogens with one attached hydrogen (secondary N) is 1. The first-order valence-electron chi connectivity index (χ1n) is 6.31. The van der Waals surface area contributed by atoms with Crippen LogP contribution in [-0.4, -0.2) is 30.4 Å². The number of ketones is 1. The van der Waals surface area contributed by atoms with E-state index in [1.54, 1.807) is 0 Å². The van der Waals surface area contributed by atoms with Gasteiger partial charge in [-0.05, 0) is 46.6 Å². The highest BCUT2D eigenvalue weighted by atomic mass is 16.5. The molecule has 1 aliphatic heterocycles. The van der Waals surface area contributed by atoms with Crippen molar-refractivity contribution in [2.75, 3.05) is 6.54 Å². The molecule has 0 amide bonds. The lowest BCUT2D eigenvalue weighted by atomic mass is 9.84. The smallest absolute Gasteiger partial charge is 0.293 e. The summed E-state index contributed by atoms with van der Waals surface area (Å²) in [6.45, 7) is 6.98. The molecule has 0 aromatic heterocycles. The van der Waals surface area contributed by atoms with Crippen molar-refractivity contribution in [1.29, 1.82) is 0 Å². The van der Waals surface area contributed by atoms with Gasteiger partial charge in [0.1, 0.15) is 11.4 Å². The molecule has 1 saturated carbocycles.